The van der Waals surface area contributed by atoms with Gasteiger partial charge in [-0.05, 0) is 12.8 Å². The second kappa shape index (κ2) is 6.10. The molecule has 3 fully saturated rings. The maximum Gasteiger partial charge on any atom is 0.239 e. The summed E-state index contributed by atoms with van der Waals surface area (Å²) in [5, 5.41) is 9.96. The van der Waals surface area contributed by atoms with Crippen LogP contribution in [0.1, 0.15) is 19.8 Å². The van der Waals surface area contributed by atoms with E-state index < -0.39 is 0 Å². The molecular weight excluding hydrogens is 322 g/mol. The number of hydrogen-bond donors (Lipinski definition) is 2. The lowest BCUT2D eigenvalue weighted by atomic mass is 9.73. The number of carbonyl (C=O) groups excluding carboxylic acids is 2. The number of amides is 2. The average molecular weight is 347 g/mol. The van der Waals surface area contributed by atoms with E-state index in [1.807, 2.05) is 7.05 Å². The predicted octanol–water partition coefficient (Wildman–Crippen LogP) is -0.0259. The van der Waals surface area contributed by atoms with E-state index in [4.69, 9.17) is 4.74 Å². The monoisotopic (exact) mass is 347 g/mol. The van der Waals surface area contributed by atoms with Crippen molar-refractivity contribution in [3.8, 4) is 0 Å². The Kier molecular flexibility index (Phi) is 4.04. The first-order valence-corrected chi connectivity index (χ1v) is 8.89. The number of likely N-dealkylation sites (tertiary alicyclic amines) is 1. The average Bonchev–Trinajstić information content (AvgIpc) is 3.25. The number of aromatic nitrogens is 2. The van der Waals surface area contributed by atoms with Gasteiger partial charge in [0.1, 0.15) is 0 Å². The fourth-order valence-electron chi connectivity index (χ4n) is 4.81. The highest BCUT2D eigenvalue weighted by Gasteiger charge is 2.62. The molecule has 0 radical (unpaired) electrons. The van der Waals surface area contributed by atoms with Gasteiger partial charge in [0, 0.05) is 57.7 Å². The lowest BCUT2D eigenvalue weighted by Gasteiger charge is -2.29. The van der Waals surface area contributed by atoms with Crippen LogP contribution in [0.5, 0.6) is 0 Å². The van der Waals surface area contributed by atoms with Crippen molar-refractivity contribution >= 4 is 17.6 Å². The quantitative estimate of drug-likeness (QED) is 0.781. The zero-order valence-electron chi connectivity index (χ0n) is 14.7. The topological polar surface area (TPSA) is 88.5 Å². The molecule has 1 aromatic heterocycles. The van der Waals surface area contributed by atoms with Crippen molar-refractivity contribution < 1.29 is 14.3 Å². The van der Waals surface area contributed by atoms with E-state index in [2.05, 4.69) is 20.6 Å². The second-order valence-corrected chi connectivity index (χ2v) is 7.56. The summed E-state index contributed by atoms with van der Waals surface area (Å²) >= 11 is 0. The summed E-state index contributed by atoms with van der Waals surface area (Å²) < 4.78 is 7.98. The molecule has 4 atom stereocenters. The van der Waals surface area contributed by atoms with Crippen LogP contribution in [0.3, 0.4) is 0 Å². The lowest BCUT2D eigenvalue weighted by molar-refractivity contribution is -0.119. The van der Waals surface area contributed by atoms with Gasteiger partial charge < -0.3 is 15.4 Å². The van der Waals surface area contributed by atoms with Gasteiger partial charge in [-0.2, -0.15) is 5.10 Å². The summed E-state index contributed by atoms with van der Waals surface area (Å²) in [5.41, 5.74) is -0.126. The molecule has 136 valence electrons. The number of carbonyl (C=O) groups is 2. The normalized spacial score (nSPS) is 33.4. The minimum atomic E-state index is -0.126. The van der Waals surface area contributed by atoms with Crippen LogP contribution in [0, 0.1) is 11.8 Å². The van der Waals surface area contributed by atoms with E-state index in [0.717, 1.165) is 25.9 Å². The second-order valence-electron chi connectivity index (χ2n) is 7.56. The van der Waals surface area contributed by atoms with E-state index in [1.54, 1.807) is 23.9 Å². The highest BCUT2D eigenvalue weighted by Crippen LogP contribution is 2.54. The third-order valence-electron chi connectivity index (χ3n) is 5.79. The van der Waals surface area contributed by atoms with E-state index in [9.17, 15) is 9.59 Å². The summed E-state index contributed by atoms with van der Waals surface area (Å²) in [6.07, 6.45) is 4.15. The third kappa shape index (κ3) is 3.04. The molecule has 4 heterocycles. The number of nitrogens with zero attached hydrogens (tertiary/aromatic N) is 3. The van der Waals surface area contributed by atoms with Gasteiger partial charge in [-0.3, -0.25) is 19.2 Å². The SMILES string of the molecule is CC(=O)NC[C@H]1[C@H]2CN(CC(=O)Nc3ccn(C)n3)C[C@]23CC[C@H]1O3. The minimum absolute atomic E-state index is 0.00131. The molecule has 0 unspecified atom stereocenters. The summed E-state index contributed by atoms with van der Waals surface area (Å²) in [4.78, 5) is 25.7. The number of fused-ring (bicyclic) bond motifs is 1. The molecule has 2 N–H and O–H groups in total. The van der Waals surface area contributed by atoms with Gasteiger partial charge in [0.25, 0.3) is 0 Å². The minimum Gasteiger partial charge on any atom is -0.370 e. The van der Waals surface area contributed by atoms with E-state index in [0.29, 0.717) is 30.7 Å². The molecule has 0 saturated carbocycles. The van der Waals surface area contributed by atoms with Crippen molar-refractivity contribution in [2.45, 2.75) is 31.5 Å². The maximum atomic E-state index is 12.3. The van der Waals surface area contributed by atoms with Gasteiger partial charge in [-0.1, -0.05) is 0 Å². The Morgan fingerprint density at radius 1 is 1.48 bits per heavy atom. The van der Waals surface area contributed by atoms with Crippen LogP contribution < -0.4 is 10.6 Å². The Balaban J connectivity index is 1.36. The van der Waals surface area contributed by atoms with Crippen molar-refractivity contribution in [2.75, 3.05) is 31.5 Å². The van der Waals surface area contributed by atoms with Crippen LogP contribution in [0.4, 0.5) is 5.82 Å². The van der Waals surface area contributed by atoms with Crippen LogP contribution in [0.25, 0.3) is 0 Å². The lowest BCUT2D eigenvalue weighted by Crippen LogP contribution is -2.41. The molecule has 2 bridgehead atoms. The van der Waals surface area contributed by atoms with Crippen molar-refractivity contribution in [2.24, 2.45) is 18.9 Å². The number of hydrogen-bond acceptors (Lipinski definition) is 5. The Bertz CT molecular complexity index is 690. The van der Waals surface area contributed by atoms with E-state index >= 15 is 0 Å². The van der Waals surface area contributed by atoms with Gasteiger partial charge in [0.2, 0.25) is 11.8 Å². The number of nitrogens with one attached hydrogen (secondary N) is 2. The number of aryl methyl sites for hydroxylation is 1. The van der Waals surface area contributed by atoms with Crippen molar-refractivity contribution in [1.82, 2.24) is 20.0 Å². The molecule has 1 aromatic rings. The molecular formula is C17H25N5O3. The van der Waals surface area contributed by atoms with Gasteiger partial charge in [0.05, 0.1) is 18.2 Å². The summed E-state index contributed by atoms with van der Waals surface area (Å²) in [6.45, 7) is 4.19. The number of anilines is 1. The molecule has 8 heteroatoms. The van der Waals surface area contributed by atoms with Crippen molar-refractivity contribution in [3.05, 3.63) is 12.3 Å². The highest BCUT2D eigenvalue weighted by molar-refractivity contribution is 5.91. The van der Waals surface area contributed by atoms with Crippen LogP contribution in [0.2, 0.25) is 0 Å². The Hall–Kier alpha value is -1.93. The zero-order chi connectivity index (χ0) is 17.6. The molecule has 1 spiro atoms. The third-order valence-corrected chi connectivity index (χ3v) is 5.79. The molecule has 3 aliphatic rings. The first-order chi connectivity index (χ1) is 11.9. The smallest absolute Gasteiger partial charge is 0.239 e. The highest BCUT2D eigenvalue weighted by atomic mass is 16.5. The summed E-state index contributed by atoms with van der Waals surface area (Å²) in [6, 6.07) is 1.78. The van der Waals surface area contributed by atoms with E-state index in [1.165, 1.54) is 0 Å². The first-order valence-electron chi connectivity index (χ1n) is 8.89. The van der Waals surface area contributed by atoms with Gasteiger partial charge in [0.15, 0.2) is 5.82 Å². The molecule has 0 aromatic carbocycles. The number of ether oxygens (including phenoxy) is 1. The fraction of sp³-hybridized carbons (Fsp3) is 0.706. The van der Waals surface area contributed by atoms with Crippen LogP contribution in [0.15, 0.2) is 12.3 Å². The van der Waals surface area contributed by atoms with Gasteiger partial charge >= 0.3 is 0 Å². The molecule has 25 heavy (non-hydrogen) atoms. The molecule has 0 aliphatic carbocycles. The Morgan fingerprint density at radius 3 is 3.04 bits per heavy atom. The Labute approximate surface area is 146 Å². The summed E-state index contributed by atoms with van der Waals surface area (Å²) in [7, 11) is 1.82. The van der Waals surface area contributed by atoms with Gasteiger partial charge in [-0.15, -0.1) is 0 Å². The molecule has 4 rings (SSSR count). The number of rotatable bonds is 5. The fourth-order valence-corrected chi connectivity index (χ4v) is 4.81. The van der Waals surface area contributed by atoms with Crippen LogP contribution in [-0.2, 0) is 21.4 Å². The van der Waals surface area contributed by atoms with Crippen LogP contribution in [-0.4, -0.2) is 64.4 Å². The van der Waals surface area contributed by atoms with Crippen molar-refractivity contribution in [1.29, 1.82) is 0 Å². The standard InChI is InChI=1S/C17H25N5O3/c1-11(23)18-7-12-13-8-22(10-17(13)5-3-14(12)25-17)9-16(24)19-15-4-6-21(2)20-15/h4,6,12-14H,3,5,7-10H2,1-2H3,(H,18,23)(H,19,20,24)/t12-,13+,14+,17+/m0/s1. The van der Waals surface area contributed by atoms with Crippen molar-refractivity contribution in [3.63, 3.8) is 0 Å². The van der Waals surface area contributed by atoms with Crippen LogP contribution >= 0.6 is 0 Å². The molecule has 3 saturated heterocycles. The maximum absolute atomic E-state index is 12.3. The summed E-state index contributed by atoms with van der Waals surface area (Å²) in [5.74, 6) is 1.26. The molecule has 2 amide bonds. The predicted molar refractivity (Wildman–Crippen MR) is 90.8 cm³/mol. The van der Waals surface area contributed by atoms with Gasteiger partial charge in [-0.25, -0.2) is 0 Å². The largest absolute Gasteiger partial charge is 0.370 e. The first kappa shape index (κ1) is 16.5. The van der Waals surface area contributed by atoms with E-state index in [-0.39, 0.29) is 23.5 Å². The molecule has 8 nitrogen and oxygen atoms in total. The molecule has 3 aliphatic heterocycles. The zero-order valence-corrected chi connectivity index (χ0v) is 14.7. The Morgan fingerprint density at radius 2 is 2.32 bits per heavy atom.